The smallest absolute Gasteiger partial charge is 0.298 e. The Labute approximate surface area is 123 Å². The molecule has 1 saturated heterocycles. The third-order valence-corrected chi connectivity index (χ3v) is 3.78. The maximum atomic E-state index is 11.7. The fraction of sp³-hybridized carbons (Fsp3) is 0.467. The Morgan fingerprint density at radius 3 is 2.62 bits per heavy atom. The Balaban J connectivity index is 1.61. The Hall–Kier alpha value is -2.08. The Morgan fingerprint density at radius 2 is 1.95 bits per heavy atom. The Morgan fingerprint density at radius 1 is 1.24 bits per heavy atom. The second-order valence-electron chi connectivity index (χ2n) is 5.52. The van der Waals surface area contributed by atoms with Crippen LogP contribution in [0.2, 0.25) is 0 Å². The van der Waals surface area contributed by atoms with Crippen LogP contribution in [0.25, 0.3) is 11.1 Å². The largest absolute Gasteiger partial charge is 0.423 e. The first-order chi connectivity index (χ1) is 10.1. The maximum absolute atomic E-state index is 11.7. The number of aromatic nitrogens is 1. The number of rotatable bonds is 3. The van der Waals surface area contributed by atoms with Crippen molar-refractivity contribution in [3.8, 4) is 0 Å². The van der Waals surface area contributed by atoms with Crippen LogP contribution in [0.15, 0.2) is 28.7 Å². The maximum Gasteiger partial charge on any atom is 0.298 e. The summed E-state index contributed by atoms with van der Waals surface area (Å²) < 4.78 is 5.78. The van der Waals surface area contributed by atoms with Crippen molar-refractivity contribution >= 4 is 23.0 Å². The second-order valence-corrected chi connectivity index (χ2v) is 5.52. The molecule has 1 aromatic heterocycles. The second kappa shape index (κ2) is 5.73. The van der Waals surface area contributed by atoms with Crippen LogP contribution in [0.4, 0.5) is 6.01 Å². The minimum Gasteiger partial charge on any atom is -0.423 e. The van der Waals surface area contributed by atoms with E-state index in [-0.39, 0.29) is 5.91 Å². The predicted molar refractivity (Wildman–Crippen MR) is 81.4 cm³/mol. The highest BCUT2D eigenvalue weighted by molar-refractivity contribution is 5.77. The number of carbonyl (C=O) groups excluding carboxylic acids is 1. The first-order valence-corrected chi connectivity index (χ1v) is 7.16. The van der Waals surface area contributed by atoms with Crippen molar-refractivity contribution in [3.63, 3.8) is 0 Å². The molecule has 1 aliphatic rings. The number of piperazine rings is 1. The fourth-order valence-corrected chi connectivity index (χ4v) is 2.43. The van der Waals surface area contributed by atoms with Crippen LogP contribution < -0.4 is 4.90 Å². The fourth-order valence-electron chi connectivity index (χ4n) is 2.43. The van der Waals surface area contributed by atoms with Crippen LogP contribution >= 0.6 is 0 Å². The molecule has 2 heterocycles. The van der Waals surface area contributed by atoms with Gasteiger partial charge in [-0.1, -0.05) is 12.1 Å². The van der Waals surface area contributed by atoms with E-state index in [9.17, 15) is 4.79 Å². The summed E-state index contributed by atoms with van der Waals surface area (Å²) in [6.45, 7) is 3.83. The van der Waals surface area contributed by atoms with Crippen molar-refractivity contribution in [1.29, 1.82) is 0 Å². The quantitative estimate of drug-likeness (QED) is 0.844. The monoisotopic (exact) mass is 288 g/mol. The lowest BCUT2D eigenvalue weighted by Gasteiger charge is -2.33. The van der Waals surface area contributed by atoms with Crippen molar-refractivity contribution in [3.05, 3.63) is 24.3 Å². The zero-order valence-corrected chi connectivity index (χ0v) is 12.5. The number of oxazole rings is 1. The SMILES string of the molecule is CN(C)C(=O)CN1CCN(c2nc3ccccc3o2)CC1. The van der Waals surface area contributed by atoms with Crippen LogP contribution in [0, 0.1) is 0 Å². The molecule has 2 aromatic rings. The lowest BCUT2D eigenvalue weighted by atomic mass is 10.3. The van der Waals surface area contributed by atoms with E-state index in [0.717, 1.165) is 37.3 Å². The summed E-state index contributed by atoms with van der Waals surface area (Å²) in [6, 6.07) is 8.46. The lowest BCUT2D eigenvalue weighted by molar-refractivity contribution is -0.129. The highest BCUT2D eigenvalue weighted by Gasteiger charge is 2.22. The van der Waals surface area contributed by atoms with E-state index in [1.165, 1.54) is 0 Å². The average Bonchev–Trinajstić information content (AvgIpc) is 2.91. The summed E-state index contributed by atoms with van der Waals surface area (Å²) >= 11 is 0. The van der Waals surface area contributed by atoms with Crippen LogP contribution in [-0.2, 0) is 4.79 Å². The molecule has 0 bridgehead atoms. The minimum absolute atomic E-state index is 0.144. The third kappa shape index (κ3) is 3.00. The van der Waals surface area contributed by atoms with Gasteiger partial charge in [0.2, 0.25) is 5.91 Å². The van der Waals surface area contributed by atoms with Crippen LogP contribution in [0.3, 0.4) is 0 Å². The number of likely N-dealkylation sites (N-methyl/N-ethyl adjacent to an activating group) is 1. The first-order valence-electron chi connectivity index (χ1n) is 7.16. The molecule has 6 nitrogen and oxygen atoms in total. The van der Waals surface area contributed by atoms with Crippen molar-refractivity contribution < 1.29 is 9.21 Å². The lowest BCUT2D eigenvalue weighted by Crippen LogP contribution is -2.49. The van der Waals surface area contributed by atoms with E-state index in [1.807, 2.05) is 24.3 Å². The molecular formula is C15H20N4O2. The zero-order valence-electron chi connectivity index (χ0n) is 12.5. The molecule has 0 aliphatic carbocycles. The number of nitrogens with zero attached hydrogens (tertiary/aromatic N) is 4. The highest BCUT2D eigenvalue weighted by Crippen LogP contribution is 2.22. The summed E-state index contributed by atoms with van der Waals surface area (Å²) in [4.78, 5) is 22.2. The van der Waals surface area contributed by atoms with Gasteiger partial charge in [-0.15, -0.1) is 0 Å². The molecule has 0 unspecified atom stereocenters. The molecule has 21 heavy (non-hydrogen) atoms. The molecule has 0 saturated carbocycles. The van der Waals surface area contributed by atoms with Crippen molar-refractivity contribution in [1.82, 2.24) is 14.8 Å². The van der Waals surface area contributed by atoms with Crippen molar-refractivity contribution in [2.45, 2.75) is 0 Å². The van der Waals surface area contributed by atoms with E-state index >= 15 is 0 Å². The van der Waals surface area contributed by atoms with E-state index in [1.54, 1.807) is 19.0 Å². The topological polar surface area (TPSA) is 52.8 Å². The summed E-state index contributed by atoms with van der Waals surface area (Å²) in [6.07, 6.45) is 0. The van der Waals surface area contributed by atoms with E-state index in [0.29, 0.717) is 12.6 Å². The minimum atomic E-state index is 0.144. The van der Waals surface area contributed by atoms with Gasteiger partial charge in [-0.25, -0.2) is 0 Å². The summed E-state index contributed by atoms with van der Waals surface area (Å²) in [7, 11) is 3.58. The average molecular weight is 288 g/mol. The molecule has 0 atom stereocenters. The van der Waals surface area contributed by atoms with E-state index in [2.05, 4.69) is 14.8 Å². The predicted octanol–water partition coefficient (Wildman–Crippen LogP) is 1.04. The summed E-state index contributed by atoms with van der Waals surface area (Å²) in [5.41, 5.74) is 1.70. The molecule has 0 radical (unpaired) electrons. The van der Waals surface area contributed by atoms with Crippen molar-refractivity contribution in [2.24, 2.45) is 0 Å². The Bertz CT molecular complexity index is 596. The van der Waals surface area contributed by atoms with E-state index in [4.69, 9.17) is 4.42 Å². The van der Waals surface area contributed by atoms with Gasteiger partial charge in [-0.3, -0.25) is 9.69 Å². The number of benzene rings is 1. The molecule has 3 rings (SSSR count). The van der Waals surface area contributed by atoms with Gasteiger partial charge in [0, 0.05) is 40.3 Å². The van der Waals surface area contributed by atoms with Gasteiger partial charge in [0.05, 0.1) is 6.54 Å². The van der Waals surface area contributed by atoms with Gasteiger partial charge in [-0.2, -0.15) is 4.98 Å². The van der Waals surface area contributed by atoms with Crippen molar-refractivity contribution in [2.75, 3.05) is 51.7 Å². The molecule has 0 spiro atoms. The standard InChI is InChI=1S/C15H20N4O2/c1-17(2)14(20)11-18-7-9-19(10-8-18)15-16-12-5-3-4-6-13(12)21-15/h3-6H,7-11H2,1-2H3. The molecule has 1 aromatic carbocycles. The number of hydrogen-bond acceptors (Lipinski definition) is 5. The molecule has 1 aliphatic heterocycles. The molecule has 112 valence electrons. The number of fused-ring (bicyclic) bond motifs is 1. The number of anilines is 1. The molecule has 0 N–H and O–H groups in total. The van der Waals surface area contributed by atoms with Gasteiger partial charge in [0.25, 0.3) is 6.01 Å². The number of hydrogen-bond donors (Lipinski definition) is 0. The van der Waals surface area contributed by atoms with Crippen LogP contribution in [0.1, 0.15) is 0 Å². The van der Waals surface area contributed by atoms with Crippen LogP contribution in [0.5, 0.6) is 0 Å². The summed E-state index contributed by atoms with van der Waals surface area (Å²) in [5, 5.41) is 0. The molecule has 1 fully saturated rings. The molecule has 6 heteroatoms. The molecular weight excluding hydrogens is 268 g/mol. The molecule has 1 amide bonds. The summed E-state index contributed by atoms with van der Waals surface area (Å²) in [5.74, 6) is 0.144. The van der Waals surface area contributed by atoms with Gasteiger partial charge in [0.1, 0.15) is 5.52 Å². The number of para-hydroxylation sites is 2. The van der Waals surface area contributed by atoms with E-state index < -0.39 is 0 Å². The Kier molecular flexibility index (Phi) is 3.79. The van der Waals surface area contributed by atoms with Gasteiger partial charge >= 0.3 is 0 Å². The third-order valence-electron chi connectivity index (χ3n) is 3.78. The number of amides is 1. The van der Waals surface area contributed by atoms with Crippen LogP contribution in [-0.4, -0.2) is 67.5 Å². The number of carbonyl (C=O) groups is 1. The van der Waals surface area contributed by atoms with Gasteiger partial charge < -0.3 is 14.2 Å². The first kappa shape index (κ1) is 13.9. The normalized spacial score (nSPS) is 16.4. The zero-order chi connectivity index (χ0) is 14.8. The highest BCUT2D eigenvalue weighted by atomic mass is 16.4. The van der Waals surface area contributed by atoms with Gasteiger partial charge in [-0.05, 0) is 12.1 Å². The van der Waals surface area contributed by atoms with Gasteiger partial charge in [0.15, 0.2) is 5.58 Å².